The fourth-order valence-corrected chi connectivity index (χ4v) is 9.73. The Labute approximate surface area is 356 Å². The molecule has 0 aliphatic heterocycles. The zero-order valence-corrected chi connectivity index (χ0v) is 33.5. The van der Waals surface area contributed by atoms with Crippen molar-refractivity contribution in [3.63, 3.8) is 0 Å². The lowest BCUT2D eigenvalue weighted by Crippen LogP contribution is -2.28. The molecule has 10 aromatic rings. The predicted octanol–water partition coefficient (Wildman–Crippen LogP) is 14.7. The maximum atomic E-state index is 9.18. The van der Waals surface area contributed by atoms with Gasteiger partial charge in [0.15, 0.2) is 5.84 Å². The van der Waals surface area contributed by atoms with Crippen LogP contribution in [-0.4, -0.2) is 11.5 Å². The second-order valence-corrected chi connectivity index (χ2v) is 15.8. The highest BCUT2D eigenvalue weighted by atomic mass is 14.8. The van der Waals surface area contributed by atoms with Crippen LogP contribution in [0, 0.1) is 5.41 Å². The standard InChI is InChI=1S/C59H40N2/c60-58(52-30-16-21-40-17-10-12-27-48(40)52)61-56(43-19-4-1-5-20-43)38-34-42-31-35-49(51-29-15-14-26-47(42)51)44-32-36-53-55(39-44)59(45-22-6-2-7-23-45,46-24-8-3-9-25-46)54-37-33-41-18-11-13-28-50(41)57(53)54/h1-39,60H/b38-34+,60-58?,61-56?. The van der Waals surface area contributed by atoms with Gasteiger partial charge < -0.3 is 0 Å². The Morgan fingerprint density at radius 2 is 1.02 bits per heavy atom. The van der Waals surface area contributed by atoms with E-state index in [-0.39, 0.29) is 5.84 Å². The van der Waals surface area contributed by atoms with Gasteiger partial charge in [0.2, 0.25) is 0 Å². The van der Waals surface area contributed by atoms with Gasteiger partial charge in [-0.3, -0.25) is 5.41 Å². The van der Waals surface area contributed by atoms with E-state index in [0.29, 0.717) is 0 Å². The second kappa shape index (κ2) is 15.0. The average molecular weight is 777 g/mol. The van der Waals surface area contributed by atoms with Crippen molar-refractivity contribution in [1.29, 1.82) is 5.41 Å². The zero-order valence-electron chi connectivity index (χ0n) is 33.5. The first-order chi connectivity index (χ1) is 30.2. The number of amidine groups is 1. The summed E-state index contributed by atoms with van der Waals surface area (Å²) in [5.74, 6) is 0.231. The SMILES string of the molecule is N=C(N=C(/C=C/c1ccc(-c2ccc3c(c2)C(c2ccccc2)(c2ccccc2)c2ccc4ccccc4c2-3)c2ccccc12)c1ccccc1)c1cccc2ccccc12. The molecule has 0 fully saturated rings. The lowest BCUT2D eigenvalue weighted by molar-refractivity contribution is 0.769. The molecule has 2 nitrogen and oxygen atoms in total. The molecule has 0 saturated heterocycles. The Morgan fingerprint density at radius 1 is 0.443 bits per heavy atom. The average Bonchev–Trinajstić information content (AvgIpc) is 3.64. The van der Waals surface area contributed by atoms with Crippen LogP contribution < -0.4 is 0 Å². The van der Waals surface area contributed by atoms with E-state index in [4.69, 9.17) is 4.99 Å². The van der Waals surface area contributed by atoms with Crippen molar-refractivity contribution >= 4 is 49.9 Å². The third kappa shape index (κ3) is 6.03. The highest BCUT2D eigenvalue weighted by Gasteiger charge is 2.46. The smallest absolute Gasteiger partial charge is 0.153 e. The van der Waals surface area contributed by atoms with E-state index >= 15 is 0 Å². The van der Waals surface area contributed by atoms with Gasteiger partial charge in [-0.1, -0.05) is 224 Å². The monoisotopic (exact) mass is 776 g/mol. The van der Waals surface area contributed by atoms with E-state index in [2.05, 4.69) is 194 Å². The summed E-state index contributed by atoms with van der Waals surface area (Å²) in [5.41, 5.74) is 13.1. The number of nitrogens with one attached hydrogen (secondary N) is 1. The molecule has 0 bridgehead atoms. The molecule has 0 aromatic heterocycles. The van der Waals surface area contributed by atoms with Crippen LogP contribution in [0.4, 0.5) is 0 Å². The molecule has 0 unspecified atom stereocenters. The number of rotatable bonds is 7. The van der Waals surface area contributed by atoms with Crippen LogP contribution in [-0.2, 0) is 5.41 Å². The van der Waals surface area contributed by atoms with Gasteiger partial charge in [0.25, 0.3) is 0 Å². The van der Waals surface area contributed by atoms with Crippen LogP contribution in [0.5, 0.6) is 0 Å². The van der Waals surface area contributed by atoms with E-state index in [1.165, 1.54) is 60.7 Å². The van der Waals surface area contributed by atoms with Crippen LogP contribution in [0.3, 0.4) is 0 Å². The Balaban J connectivity index is 1.06. The van der Waals surface area contributed by atoms with E-state index in [0.717, 1.165) is 38.6 Å². The Bertz CT molecular complexity index is 3320. The minimum atomic E-state index is -0.515. The summed E-state index contributed by atoms with van der Waals surface area (Å²) in [7, 11) is 0. The van der Waals surface area contributed by atoms with Crippen LogP contribution in [0.2, 0.25) is 0 Å². The summed E-state index contributed by atoms with van der Waals surface area (Å²) in [5, 5.41) is 16.1. The van der Waals surface area contributed by atoms with E-state index in [1.807, 2.05) is 42.5 Å². The minimum absolute atomic E-state index is 0.231. The maximum Gasteiger partial charge on any atom is 0.153 e. The predicted molar refractivity (Wildman–Crippen MR) is 257 cm³/mol. The molecule has 1 aliphatic rings. The first kappa shape index (κ1) is 36.2. The quantitative estimate of drug-likeness (QED) is 0.124. The number of nitrogens with zero attached hydrogens (tertiary/aromatic N) is 1. The molecule has 11 rings (SSSR count). The first-order valence-electron chi connectivity index (χ1n) is 20.9. The van der Waals surface area contributed by atoms with Crippen LogP contribution in [0.15, 0.2) is 236 Å². The van der Waals surface area contributed by atoms with E-state index in [1.54, 1.807) is 0 Å². The molecular formula is C59H40N2. The lowest BCUT2D eigenvalue weighted by atomic mass is 9.67. The van der Waals surface area contributed by atoms with Gasteiger partial charge in [-0.15, -0.1) is 0 Å². The van der Waals surface area contributed by atoms with E-state index < -0.39 is 5.41 Å². The topological polar surface area (TPSA) is 36.2 Å². The summed E-state index contributed by atoms with van der Waals surface area (Å²) in [6.07, 6.45) is 4.20. The van der Waals surface area contributed by atoms with Gasteiger partial charge in [0, 0.05) is 11.1 Å². The molecule has 1 N–H and O–H groups in total. The fraction of sp³-hybridized carbons (Fsp3) is 0.0169. The molecule has 10 aromatic carbocycles. The summed E-state index contributed by atoms with van der Waals surface area (Å²) in [6, 6.07) is 80.3. The van der Waals surface area contributed by atoms with Crippen molar-refractivity contribution in [2.45, 2.75) is 5.41 Å². The molecule has 0 radical (unpaired) electrons. The van der Waals surface area contributed by atoms with Gasteiger partial charge >= 0.3 is 0 Å². The maximum absolute atomic E-state index is 9.18. The molecule has 0 heterocycles. The second-order valence-electron chi connectivity index (χ2n) is 15.8. The largest absolute Gasteiger partial charge is 0.282 e. The normalized spacial score (nSPS) is 13.1. The summed E-state index contributed by atoms with van der Waals surface area (Å²) < 4.78 is 0. The minimum Gasteiger partial charge on any atom is -0.282 e. The molecular weight excluding hydrogens is 737 g/mol. The van der Waals surface area contributed by atoms with Crippen molar-refractivity contribution < 1.29 is 0 Å². The third-order valence-corrected chi connectivity index (χ3v) is 12.5. The van der Waals surface area contributed by atoms with Gasteiger partial charge in [0.1, 0.15) is 0 Å². The number of fused-ring (bicyclic) bond motifs is 7. The van der Waals surface area contributed by atoms with Gasteiger partial charge in [-0.05, 0) is 94.5 Å². The Kier molecular flexibility index (Phi) is 8.90. The Morgan fingerprint density at radius 3 is 1.74 bits per heavy atom. The molecule has 0 atom stereocenters. The first-order valence-corrected chi connectivity index (χ1v) is 20.9. The molecule has 61 heavy (non-hydrogen) atoms. The lowest BCUT2D eigenvalue weighted by Gasteiger charge is -2.34. The number of benzene rings is 10. The number of hydrogen-bond donors (Lipinski definition) is 1. The molecule has 0 amide bonds. The van der Waals surface area contributed by atoms with Crippen LogP contribution in [0.25, 0.3) is 60.6 Å². The molecule has 0 spiro atoms. The molecule has 0 saturated carbocycles. The van der Waals surface area contributed by atoms with Crippen LogP contribution in [0.1, 0.15) is 38.9 Å². The number of allylic oxidation sites excluding steroid dienone is 1. The molecule has 1 aliphatic carbocycles. The van der Waals surface area contributed by atoms with Crippen molar-refractivity contribution in [3.05, 3.63) is 269 Å². The third-order valence-electron chi connectivity index (χ3n) is 12.5. The fourth-order valence-electron chi connectivity index (χ4n) is 9.73. The number of aliphatic imine (C=N–C) groups is 1. The van der Waals surface area contributed by atoms with Crippen molar-refractivity contribution in [1.82, 2.24) is 0 Å². The highest BCUT2D eigenvalue weighted by molar-refractivity contribution is 6.20. The summed E-state index contributed by atoms with van der Waals surface area (Å²) in [4.78, 5) is 4.97. The van der Waals surface area contributed by atoms with Gasteiger partial charge in [0.05, 0.1) is 11.1 Å². The Hall–Kier alpha value is -7.94. The molecule has 2 heteroatoms. The van der Waals surface area contributed by atoms with E-state index in [9.17, 15) is 5.41 Å². The summed E-state index contributed by atoms with van der Waals surface area (Å²) in [6.45, 7) is 0. The highest BCUT2D eigenvalue weighted by Crippen LogP contribution is 2.58. The van der Waals surface area contributed by atoms with Crippen LogP contribution >= 0.6 is 0 Å². The van der Waals surface area contributed by atoms with Gasteiger partial charge in [-0.2, -0.15) is 0 Å². The zero-order chi connectivity index (χ0) is 40.8. The molecule has 286 valence electrons. The van der Waals surface area contributed by atoms with Crippen molar-refractivity contribution in [2.24, 2.45) is 4.99 Å². The van der Waals surface area contributed by atoms with Crippen molar-refractivity contribution in [3.8, 4) is 22.3 Å². The summed E-state index contributed by atoms with van der Waals surface area (Å²) >= 11 is 0. The number of hydrogen-bond acceptors (Lipinski definition) is 1. The van der Waals surface area contributed by atoms with Crippen molar-refractivity contribution in [2.75, 3.05) is 0 Å². The van der Waals surface area contributed by atoms with Gasteiger partial charge in [-0.25, -0.2) is 4.99 Å².